The van der Waals surface area contributed by atoms with Gasteiger partial charge in [-0.1, -0.05) is 0 Å². The van der Waals surface area contributed by atoms with Crippen molar-refractivity contribution in [2.75, 3.05) is 13.7 Å². The van der Waals surface area contributed by atoms with Gasteiger partial charge in [0.15, 0.2) is 0 Å². The van der Waals surface area contributed by atoms with Crippen LogP contribution in [0.4, 0.5) is 0 Å². The Morgan fingerprint density at radius 3 is 2.60 bits per heavy atom. The normalized spacial score (nSPS) is 13.6. The summed E-state index contributed by atoms with van der Waals surface area (Å²) in [7, 11) is -1.63. The maximum absolute atomic E-state index is 9.11. The summed E-state index contributed by atoms with van der Waals surface area (Å²) in [5.41, 5.74) is 0. The van der Waals surface area contributed by atoms with E-state index < -0.39 is 7.15 Å². The first-order valence-electron chi connectivity index (χ1n) is 3.26. The molecule has 0 aromatic rings. The van der Waals surface area contributed by atoms with E-state index in [1.165, 1.54) is 7.11 Å². The fourth-order valence-electron chi connectivity index (χ4n) is 0.408. The molecule has 0 saturated heterocycles. The van der Waals surface area contributed by atoms with Gasteiger partial charge in [0.1, 0.15) is 0 Å². The Balaban J connectivity index is 3.28. The number of hydrogen-bond acceptors (Lipinski definition) is 4. The monoisotopic (exact) mass is 186 g/mol. The number of hydrogen-bond donors (Lipinski definition) is 2. The van der Waals surface area contributed by atoms with Gasteiger partial charge in [-0.25, -0.2) is 0 Å². The molecule has 0 aliphatic heterocycles. The van der Waals surface area contributed by atoms with Gasteiger partial charge < -0.3 is 0 Å². The van der Waals surface area contributed by atoms with E-state index in [2.05, 4.69) is 23.7 Å². The molecule has 0 aliphatic rings. The number of rotatable bonds is 5. The summed E-state index contributed by atoms with van der Waals surface area (Å²) in [6.07, 6.45) is 1.97. The predicted octanol–water partition coefficient (Wildman–Crippen LogP) is 1.78. The van der Waals surface area contributed by atoms with Crippen molar-refractivity contribution >= 4 is 19.4 Å². The van der Waals surface area contributed by atoms with E-state index in [0.717, 1.165) is 12.8 Å². The molecule has 0 heterocycles. The van der Waals surface area contributed by atoms with Crippen molar-refractivity contribution in [3.63, 3.8) is 0 Å². The molecule has 0 amide bonds. The van der Waals surface area contributed by atoms with Crippen LogP contribution in [0.3, 0.4) is 0 Å². The van der Waals surface area contributed by atoms with Crippen molar-refractivity contribution in [2.45, 2.75) is 19.8 Å². The second-order valence-electron chi connectivity index (χ2n) is 1.95. The third kappa shape index (κ3) is 5.45. The van der Waals surface area contributed by atoms with Crippen LogP contribution in [-0.4, -0.2) is 18.6 Å². The van der Waals surface area contributed by atoms with Crippen LogP contribution in [0, 0.1) is 0 Å². The molecular formula is C5H15O3PS. The van der Waals surface area contributed by atoms with Gasteiger partial charge in [0.25, 0.3) is 0 Å². The second kappa shape index (κ2) is 5.33. The van der Waals surface area contributed by atoms with Crippen molar-refractivity contribution in [1.29, 1.82) is 0 Å². The van der Waals surface area contributed by atoms with Crippen LogP contribution in [0.25, 0.3) is 0 Å². The van der Waals surface area contributed by atoms with E-state index in [4.69, 9.17) is 9.42 Å². The van der Waals surface area contributed by atoms with Crippen LogP contribution in [-0.2, 0) is 9.05 Å². The van der Waals surface area contributed by atoms with Gasteiger partial charge in [0.2, 0.25) is 0 Å². The Kier molecular flexibility index (Phi) is 5.68. The van der Waals surface area contributed by atoms with Crippen LogP contribution in [0.5, 0.6) is 0 Å². The minimum atomic E-state index is -3.02. The Morgan fingerprint density at radius 2 is 2.20 bits per heavy atom. The molecule has 0 radical (unpaired) electrons. The van der Waals surface area contributed by atoms with Gasteiger partial charge in [-0.2, -0.15) is 0 Å². The molecular weight excluding hydrogens is 171 g/mol. The first kappa shape index (κ1) is 10.7. The van der Waals surface area contributed by atoms with Crippen LogP contribution in [0.1, 0.15) is 19.8 Å². The summed E-state index contributed by atoms with van der Waals surface area (Å²) in [6.45, 7) is 2.58. The van der Waals surface area contributed by atoms with E-state index in [-0.39, 0.29) is 0 Å². The molecule has 0 aromatic carbocycles. The summed E-state index contributed by atoms with van der Waals surface area (Å²) in [6, 6.07) is 0. The second-order valence-corrected chi connectivity index (χ2v) is 5.44. The standard InChI is InChI=1S/C5H15O3PS/c1-3-4-5-8-9(6,10)7-2/h6,9-10H,3-5H2,1-2H3. The van der Waals surface area contributed by atoms with E-state index in [1.54, 1.807) is 0 Å². The van der Waals surface area contributed by atoms with E-state index in [9.17, 15) is 0 Å². The summed E-state index contributed by atoms with van der Waals surface area (Å²) in [5, 5.41) is 0. The molecule has 0 aliphatic carbocycles. The molecule has 0 saturated carbocycles. The maximum atomic E-state index is 9.11. The van der Waals surface area contributed by atoms with Gasteiger partial charge in [-0.05, 0) is 0 Å². The number of unbranched alkanes of at least 4 members (excludes halogenated alkanes) is 1. The first-order valence-corrected chi connectivity index (χ1v) is 6.31. The molecule has 0 fully saturated rings. The van der Waals surface area contributed by atoms with Gasteiger partial charge in [-0.15, -0.1) is 0 Å². The molecule has 5 heteroatoms. The molecule has 1 N–H and O–H groups in total. The molecule has 0 rings (SSSR count). The van der Waals surface area contributed by atoms with Crippen molar-refractivity contribution in [1.82, 2.24) is 0 Å². The fraction of sp³-hybridized carbons (Fsp3) is 1.00. The molecule has 0 unspecified atom stereocenters. The minimum absolute atomic E-state index is 0.524. The molecule has 0 aromatic heterocycles. The zero-order chi connectivity index (χ0) is 8.04. The summed E-state index contributed by atoms with van der Waals surface area (Å²) >= 11 is 3.81. The SMILES string of the molecule is CCCCO[PH](O)(S)OC. The Labute approximate surface area is 67.5 Å². The van der Waals surface area contributed by atoms with Crippen molar-refractivity contribution in [2.24, 2.45) is 0 Å². The quantitative estimate of drug-likeness (QED) is 0.390. The number of thiol groups is 1. The van der Waals surface area contributed by atoms with Gasteiger partial charge in [0, 0.05) is 0 Å². The molecule has 0 atom stereocenters. The zero-order valence-electron chi connectivity index (χ0n) is 6.33. The summed E-state index contributed by atoms with van der Waals surface area (Å²) in [4.78, 5) is 9.11. The first-order chi connectivity index (χ1) is 4.62. The molecule has 0 bridgehead atoms. The van der Waals surface area contributed by atoms with E-state index >= 15 is 0 Å². The molecule has 10 heavy (non-hydrogen) atoms. The van der Waals surface area contributed by atoms with E-state index in [0.29, 0.717) is 6.61 Å². The average Bonchev–Trinajstić information content (AvgIpc) is 1.89. The average molecular weight is 186 g/mol. The Hall–Kier alpha value is 0.660. The van der Waals surface area contributed by atoms with Gasteiger partial charge >= 0.3 is 66.8 Å². The van der Waals surface area contributed by atoms with Crippen molar-refractivity contribution < 1.29 is 13.9 Å². The van der Waals surface area contributed by atoms with E-state index in [1.807, 2.05) is 0 Å². The molecule has 64 valence electrons. The third-order valence-electron chi connectivity index (χ3n) is 1.05. The van der Waals surface area contributed by atoms with Crippen LogP contribution < -0.4 is 0 Å². The fourth-order valence-corrected chi connectivity index (χ4v) is 1.21. The third-order valence-corrected chi connectivity index (χ3v) is 3.10. The van der Waals surface area contributed by atoms with Gasteiger partial charge in [-0.3, -0.25) is 0 Å². The predicted molar refractivity (Wildman–Crippen MR) is 47.4 cm³/mol. The topological polar surface area (TPSA) is 38.7 Å². The van der Waals surface area contributed by atoms with Crippen molar-refractivity contribution in [3.8, 4) is 0 Å². The van der Waals surface area contributed by atoms with Crippen LogP contribution >= 0.6 is 19.4 Å². The van der Waals surface area contributed by atoms with Crippen LogP contribution in [0.2, 0.25) is 0 Å². The van der Waals surface area contributed by atoms with Crippen molar-refractivity contribution in [3.05, 3.63) is 0 Å². The molecule has 0 spiro atoms. The summed E-state index contributed by atoms with van der Waals surface area (Å²) < 4.78 is 9.58. The molecule has 3 nitrogen and oxygen atoms in total. The Bertz CT molecular complexity index is 89.0. The van der Waals surface area contributed by atoms with Crippen LogP contribution in [0.15, 0.2) is 0 Å². The Morgan fingerprint density at radius 1 is 1.60 bits per heavy atom. The van der Waals surface area contributed by atoms with Gasteiger partial charge in [0.05, 0.1) is 0 Å². The summed E-state index contributed by atoms with van der Waals surface area (Å²) in [5.74, 6) is 0. The zero-order valence-corrected chi connectivity index (χ0v) is 8.23.